The predicted octanol–water partition coefficient (Wildman–Crippen LogP) is -3.16. The minimum atomic E-state index is -1.40. The molecular formula is C13H25N3O7. The Morgan fingerprint density at radius 2 is 1.35 bits per heavy atom. The third-order valence-corrected chi connectivity index (χ3v) is 3.43. The number of aliphatic hydroxyl groups is 5. The number of hydrogen-bond donors (Lipinski definition) is 5. The van der Waals surface area contributed by atoms with Crippen molar-refractivity contribution in [1.82, 2.24) is 14.7 Å². The third-order valence-electron chi connectivity index (χ3n) is 3.43. The van der Waals surface area contributed by atoms with Crippen molar-refractivity contribution < 1.29 is 35.1 Å². The number of β-amino-alcohol motifs (C(OH)–C–C–N with tert-alkyl or cyclic N) is 2. The molecule has 5 N–H and O–H groups in total. The summed E-state index contributed by atoms with van der Waals surface area (Å²) in [6, 6.07) is 0. The van der Waals surface area contributed by atoms with Crippen LogP contribution in [0.4, 0.5) is 0 Å². The van der Waals surface area contributed by atoms with Crippen molar-refractivity contribution in [3.63, 3.8) is 0 Å². The van der Waals surface area contributed by atoms with Crippen LogP contribution < -0.4 is 0 Å². The number of carbonyl (C=O) groups is 1. The normalized spacial score (nSPS) is 27.1. The summed E-state index contributed by atoms with van der Waals surface area (Å²) in [5.74, 6) is -0.592. The maximum absolute atomic E-state index is 11.3. The molecular weight excluding hydrogens is 310 g/mol. The largest absolute Gasteiger partial charge is 0.461 e. The molecule has 0 aromatic carbocycles. The lowest BCUT2D eigenvalue weighted by Gasteiger charge is -2.51. The Labute approximate surface area is 134 Å². The molecule has 1 heterocycles. The van der Waals surface area contributed by atoms with Crippen molar-refractivity contribution in [2.24, 2.45) is 0 Å². The van der Waals surface area contributed by atoms with Gasteiger partial charge in [0, 0.05) is 25.2 Å². The molecule has 1 rings (SSSR count). The van der Waals surface area contributed by atoms with Crippen molar-refractivity contribution in [3.8, 4) is 0 Å². The lowest BCUT2D eigenvalue weighted by atomic mass is 10.3. The summed E-state index contributed by atoms with van der Waals surface area (Å²) < 4.78 is 4.92. The second-order valence-electron chi connectivity index (χ2n) is 5.12. The molecule has 0 aliphatic carbocycles. The first-order chi connectivity index (χ1) is 10.8. The smallest absolute Gasteiger partial charge is 0.333 e. The van der Waals surface area contributed by atoms with E-state index in [0.29, 0.717) is 0 Å². The first-order valence-electron chi connectivity index (χ1n) is 7.21. The Hall–Kier alpha value is -1.11. The summed E-state index contributed by atoms with van der Waals surface area (Å²) in [5, 5.41) is 48.7. The van der Waals surface area contributed by atoms with Crippen LogP contribution in [0.3, 0.4) is 0 Å². The standard InChI is InChI=1S/C13H25N3O7/c1-9(2)10(19)23-8-5-16-12(21)14(3-6-17)11(20)15(4-7-18)13(16)22/h11-13,17-18,20-22H,1,3-8H2,2H3. The molecule has 0 saturated carbocycles. The number of ether oxygens (including phenoxy) is 1. The highest BCUT2D eigenvalue weighted by Crippen LogP contribution is 2.21. The van der Waals surface area contributed by atoms with Crippen LogP contribution in [0.15, 0.2) is 12.2 Å². The van der Waals surface area contributed by atoms with E-state index in [4.69, 9.17) is 14.9 Å². The Morgan fingerprint density at radius 3 is 1.70 bits per heavy atom. The SMILES string of the molecule is C=C(C)C(=O)OCCN1C(O)N(CCO)C(O)N(CCO)C1O. The highest BCUT2D eigenvalue weighted by atomic mass is 16.5. The number of rotatable bonds is 8. The zero-order chi connectivity index (χ0) is 17.6. The van der Waals surface area contributed by atoms with Crippen LogP contribution in [0.1, 0.15) is 6.92 Å². The van der Waals surface area contributed by atoms with E-state index in [2.05, 4.69) is 6.58 Å². The first kappa shape index (κ1) is 19.9. The monoisotopic (exact) mass is 335 g/mol. The van der Waals surface area contributed by atoms with Gasteiger partial charge in [0.15, 0.2) is 19.1 Å². The molecule has 0 aromatic heterocycles. The Kier molecular flexibility index (Phi) is 8.02. The molecule has 0 aromatic rings. The topological polar surface area (TPSA) is 137 Å². The Morgan fingerprint density at radius 1 is 0.957 bits per heavy atom. The van der Waals surface area contributed by atoms with Gasteiger partial charge in [-0.15, -0.1) is 0 Å². The van der Waals surface area contributed by atoms with Gasteiger partial charge in [0.05, 0.1) is 13.2 Å². The molecule has 0 amide bonds. The van der Waals surface area contributed by atoms with Gasteiger partial charge in [-0.05, 0) is 6.92 Å². The van der Waals surface area contributed by atoms with Gasteiger partial charge in [0.1, 0.15) is 6.61 Å². The Bertz CT molecular complexity index is 389. The van der Waals surface area contributed by atoms with Crippen LogP contribution in [0.2, 0.25) is 0 Å². The minimum Gasteiger partial charge on any atom is -0.461 e. The molecule has 1 saturated heterocycles. The van der Waals surface area contributed by atoms with Gasteiger partial charge >= 0.3 is 5.97 Å². The van der Waals surface area contributed by atoms with Crippen molar-refractivity contribution >= 4 is 5.97 Å². The van der Waals surface area contributed by atoms with Crippen molar-refractivity contribution in [2.75, 3.05) is 39.5 Å². The Balaban J connectivity index is 2.77. The second-order valence-corrected chi connectivity index (χ2v) is 5.12. The maximum Gasteiger partial charge on any atom is 0.333 e. The summed E-state index contributed by atoms with van der Waals surface area (Å²) in [6.07, 6.45) is -4.18. The molecule has 134 valence electrons. The fourth-order valence-electron chi connectivity index (χ4n) is 2.22. The minimum absolute atomic E-state index is 0.0298. The molecule has 0 bridgehead atoms. The van der Waals surface area contributed by atoms with Crippen molar-refractivity contribution in [3.05, 3.63) is 12.2 Å². The van der Waals surface area contributed by atoms with E-state index in [-0.39, 0.29) is 45.0 Å². The summed E-state index contributed by atoms with van der Waals surface area (Å²) in [4.78, 5) is 14.8. The van der Waals surface area contributed by atoms with Crippen molar-refractivity contribution in [2.45, 2.75) is 26.0 Å². The van der Waals surface area contributed by atoms with Gasteiger partial charge in [-0.25, -0.2) is 19.5 Å². The van der Waals surface area contributed by atoms with Crippen molar-refractivity contribution in [1.29, 1.82) is 0 Å². The van der Waals surface area contributed by atoms with E-state index in [1.165, 1.54) is 6.92 Å². The predicted molar refractivity (Wildman–Crippen MR) is 78.1 cm³/mol. The highest BCUT2D eigenvalue weighted by molar-refractivity contribution is 5.86. The van der Waals surface area contributed by atoms with E-state index in [9.17, 15) is 20.1 Å². The molecule has 1 aliphatic rings. The number of nitrogens with zero attached hydrogens (tertiary/aromatic N) is 3. The van der Waals surface area contributed by atoms with Gasteiger partial charge in [-0.1, -0.05) is 6.58 Å². The summed E-state index contributed by atoms with van der Waals surface area (Å²) >= 11 is 0. The lowest BCUT2D eigenvalue weighted by Crippen LogP contribution is -2.71. The number of carbonyl (C=O) groups excluding carboxylic acids is 1. The van der Waals surface area contributed by atoms with Crippen LogP contribution >= 0.6 is 0 Å². The van der Waals surface area contributed by atoms with Gasteiger partial charge in [0.25, 0.3) is 0 Å². The molecule has 2 atom stereocenters. The van der Waals surface area contributed by atoms with E-state index in [0.717, 1.165) is 14.7 Å². The van der Waals surface area contributed by atoms with Crippen LogP contribution in [-0.2, 0) is 9.53 Å². The molecule has 0 radical (unpaired) electrons. The maximum atomic E-state index is 11.3. The van der Waals surface area contributed by atoms with Gasteiger partial charge in [-0.3, -0.25) is 0 Å². The van der Waals surface area contributed by atoms with Crippen LogP contribution in [0, 0.1) is 0 Å². The molecule has 10 nitrogen and oxygen atoms in total. The zero-order valence-electron chi connectivity index (χ0n) is 13.1. The number of esters is 1. The highest BCUT2D eigenvalue weighted by Gasteiger charge is 2.43. The fraction of sp³-hybridized carbons (Fsp3) is 0.769. The van der Waals surface area contributed by atoms with E-state index in [1.807, 2.05) is 0 Å². The summed E-state index contributed by atoms with van der Waals surface area (Å²) in [7, 11) is 0. The molecule has 10 heteroatoms. The van der Waals surface area contributed by atoms with Gasteiger partial charge in [0.2, 0.25) is 0 Å². The fourth-order valence-corrected chi connectivity index (χ4v) is 2.22. The molecule has 1 fully saturated rings. The van der Waals surface area contributed by atoms with Crippen LogP contribution in [0.5, 0.6) is 0 Å². The van der Waals surface area contributed by atoms with Gasteiger partial charge in [-0.2, -0.15) is 0 Å². The summed E-state index contributed by atoms with van der Waals surface area (Å²) in [6.45, 7) is 4.03. The molecule has 23 heavy (non-hydrogen) atoms. The molecule has 0 spiro atoms. The number of hydrogen-bond acceptors (Lipinski definition) is 10. The van der Waals surface area contributed by atoms with Gasteiger partial charge < -0.3 is 30.3 Å². The molecule has 2 unspecified atom stereocenters. The zero-order valence-corrected chi connectivity index (χ0v) is 13.1. The first-order valence-corrected chi connectivity index (χ1v) is 7.21. The average Bonchev–Trinajstić information content (AvgIpc) is 2.51. The lowest BCUT2D eigenvalue weighted by molar-refractivity contribution is -0.341. The number of aliphatic hydroxyl groups excluding tert-OH is 5. The summed E-state index contributed by atoms with van der Waals surface area (Å²) in [5.41, 5.74) is 0.226. The average molecular weight is 335 g/mol. The molecule has 1 aliphatic heterocycles. The third kappa shape index (κ3) is 4.93. The van der Waals surface area contributed by atoms with Crippen LogP contribution in [0.25, 0.3) is 0 Å². The second kappa shape index (κ2) is 9.25. The van der Waals surface area contributed by atoms with E-state index in [1.54, 1.807) is 0 Å². The van der Waals surface area contributed by atoms with E-state index >= 15 is 0 Å². The van der Waals surface area contributed by atoms with Crippen LogP contribution in [-0.4, -0.2) is 105 Å². The quantitative estimate of drug-likeness (QED) is 0.228. The van der Waals surface area contributed by atoms with E-state index < -0.39 is 25.0 Å².